The molecule has 0 radical (unpaired) electrons. The number of carbonyl (C=O) groups is 1. The number of benzene rings is 1. The Morgan fingerprint density at radius 2 is 2.12 bits per heavy atom. The highest BCUT2D eigenvalue weighted by Gasteiger charge is 2.17. The first kappa shape index (κ1) is 12.0. The third-order valence-electron chi connectivity index (χ3n) is 2.49. The largest absolute Gasteiger partial charge is 0.454 e. The average molecular weight is 256 g/mol. The molecule has 1 N–H and O–H groups in total. The molecule has 1 heterocycles. The highest BCUT2D eigenvalue weighted by atomic mass is 35.5. The highest BCUT2D eigenvalue weighted by Crippen LogP contribution is 2.37. The molecular weight excluding hydrogens is 242 g/mol. The first-order chi connectivity index (χ1) is 8.20. The third-order valence-corrected chi connectivity index (χ3v) is 2.76. The van der Waals surface area contributed by atoms with Gasteiger partial charge in [0.2, 0.25) is 12.7 Å². The van der Waals surface area contributed by atoms with Crippen molar-refractivity contribution in [3.63, 3.8) is 0 Å². The van der Waals surface area contributed by atoms with E-state index in [0.717, 1.165) is 29.8 Å². The zero-order chi connectivity index (χ0) is 12.3. The maximum absolute atomic E-state index is 11.1. The quantitative estimate of drug-likeness (QED) is 0.841. The molecule has 1 amide bonds. The fraction of sp³-hybridized carbons (Fsp3) is 0.417. The van der Waals surface area contributed by atoms with Gasteiger partial charge in [-0.2, -0.15) is 0 Å². The van der Waals surface area contributed by atoms with Crippen molar-refractivity contribution >= 4 is 23.2 Å². The average Bonchev–Trinajstić information content (AvgIpc) is 2.72. The molecule has 2 rings (SSSR count). The van der Waals surface area contributed by atoms with Crippen LogP contribution in [-0.2, 0) is 11.2 Å². The standard InChI is InChI=1S/C12H14ClNO3/c1-8(15)14-10-6-12-11(16-7-17-12)5-9(10)3-2-4-13/h5-6H,2-4,7H2,1H3,(H,14,15). The summed E-state index contributed by atoms with van der Waals surface area (Å²) in [5.41, 5.74) is 1.79. The van der Waals surface area contributed by atoms with E-state index in [1.165, 1.54) is 6.92 Å². The van der Waals surface area contributed by atoms with Crippen LogP contribution < -0.4 is 14.8 Å². The topological polar surface area (TPSA) is 47.6 Å². The second-order valence-electron chi connectivity index (χ2n) is 3.84. The van der Waals surface area contributed by atoms with E-state index in [1.807, 2.05) is 6.07 Å². The predicted octanol–water partition coefficient (Wildman–Crippen LogP) is 2.55. The summed E-state index contributed by atoms with van der Waals surface area (Å²) < 4.78 is 10.6. The Hall–Kier alpha value is -1.42. The van der Waals surface area contributed by atoms with E-state index in [0.29, 0.717) is 11.6 Å². The number of amides is 1. The van der Waals surface area contributed by atoms with Gasteiger partial charge in [-0.05, 0) is 24.5 Å². The van der Waals surface area contributed by atoms with E-state index in [1.54, 1.807) is 6.07 Å². The van der Waals surface area contributed by atoms with Crippen molar-refractivity contribution in [1.29, 1.82) is 0 Å². The number of aryl methyl sites for hydroxylation is 1. The molecule has 0 saturated carbocycles. The Bertz CT molecular complexity index is 434. The summed E-state index contributed by atoms with van der Waals surface area (Å²) >= 11 is 5.68. The maximum atomic E-state index is 11.1. The Kier molecular flexibility index (Phi) is 3.74. The van der Waals surface area contributed by atoms with Gasteiger partial charge in [0.25, 0.3) is 0 Å². The molecule has 0 saturated heterocycles. The molecule has 1 aromatic carbocycles. The van der Waals surface area contributed by atoms with Crippen molar-refractivity contribution in [2.24, 2.45) is 0 Å². The van der Waals surface area contributed by atoms with Gasteiger partial charge in [0.15, 0.2) is 11.5 Å². The smallest absolute Gasteiger partial charge is 0.231 e. The molecule has 17 heavy (non-hydrogen) atoms. The highest BCUT2D eigenvalue weighted by molar-refractivity contribution is 6.17. The second kappa shape index (κ2) is 5.27. The van der Waals surface area contributed by atoms with Crippen molar-refractivity contribution in [1.82, 2.24) is 0 Å². The number of fused-ring (bicyclic) bond motifs is 1. The van der Waals surface area contributed by atoms with Crippen molar-refractivity contribution in [2.45, 2.75) is 19.8 Å². The van der Waals surface area contributed by atoms with Crippen LogP contribution in [0.1, 0.15) is 18.9 Å². The zero-order valence-electron chi connectivity index (χ0n) is 9.59. The van der Waals surface area contributed by atoms with Crippen molar-refractivity contribution < 1.29 is 14.3 Å². The van der Waals surface area contributed by atoms with E-state index in [9.17, 15) is 4.79 Å². The van der Waals surface area contributed by atoms with E-state index >= 15 is 0 Å². The lowest BCUT2D eigenvalue weighted by Gasteiger charge is -2.10. The number of ether oxygens (including phenoxy) is 2. The lowest BCUT2D eigenvalue weighted by atomic mass is 10.1. The van der Waals surface area contributed by atoms with Crippen LogP contribution >= 0.6 is 11.6 Å². The molecular formula is C12H14ClNO3. The summed E-state index contributed by atoms with van der Waals surface area (Å²) in [6.07, 6.45) is 1.66. The van der Waals surface area contributed by atoms with Crippen molar-refractivity contribution in [3.05, 3.63) is 17.7 Å². The van der Waals surface area contributed by atoms with Gasteiger partial charge in [0, 0.05) is 24.6 Å². The zero-order valence-corrected chi connectivity index (χ0v) is 10.3. The van der Waals surface area contributed by atoms with Crippen LogP contribution in [0.3, 0.4) is 0 Å². The van der Waals surface area contributed by atoms with Crippen LogP contribution in [0.5, 0.6) is 11.5 Å². The molecule has 1 aliphatic heterocycles. The lowest BCUT2D eigenvalue weighted by molar-refractivity contribution is -0.114. The molecule has 0 unspecified atom stereocenters. The molecule has 4 nitrogen and oxygen atoms in total. The fourth-order valence-electron chi connectivity index (χ4n) is 1.75. The Morgan fingerprint density at radius 1 is 1.41 bits per heavy atom. The first-order valence-electron chi connectivity index (χ1n) is 5.47. The van der Waals surface area contributed by atoms with Gasteiger partial charge < -0.3 is 14.8 Å². The molecule has 92 valence electrons. The van der Waals surface area contributed by atoms with Crippen LogP contribution in [0.25, 0.3) is 0 Å². The third kappa shape index (κ3) is 2.82. The van der Waals surface area contributed by atoms with Crippen LogP contribution in [0.15, 0.2) is 12.1 Å². The summed E-state index contributed by atoms with van der Waals surface area (Å²) in [6, 6.07) is 3.70. The van der Waals surface area contributed by atoms with Crippen molar-refractivity contribution in [2.75, 3.05) is 18.0 Å². The van der Waals surface area contributed by atoms with E-state index < -0.39 is 0 Å². The molecule has 0 aliphatic carbocycles. The molecule has 0 fully saturated rings. The van der Waals surface area contributed by atoms with Gasteiger partial charge in [0.05, 0.1) is 0 Å². The van der Waals surface area contributed by atoms with Gasteiger partial charge in [-0.3, -0.25) is 4.79 Å². The molecule has 0 aromatic heterocycles. The number of alkyl halides is 1. The minimum absolute atomic E-state index is 0.101. The van der Waals surface area contributed by atoms with Crippen LogP contribution in [0.2, 0.25) is 0 Å². The predicted molar refractivity (Wildman–Crippen MR) is 65.9 cm³/mol. The molecule has 0 atom stereocenters. The number of halogens is 1. The number of hydrogen-bond donors (Lipinski definition) is 1. The monoisotopic (exact) mass is 255 g/mol. The first-order valence-corrected chi connectivity index (χ1v) is 6.00. The summed E-state index contributed by atoms with van der Waals surface area (Å²) in [5, 5.41) is 2.79. The van der Waals surface area contributed by atoms with Crippen LogP contribution in [-0.4, -0.2) is 18.6 Å². The van der Waals surface area contributed by atoms with Crippen molar-refractivity contribution in [3.8, 4) is 11.5 Å². The maximum Gasteiger partial charge on any atom is 0.231 e. The number of hydrogen-bond acceptors (Lipinski definition) is 3. The SMILES string of the molecule is CC(=O)Nc1cc2c(cc1CCCCl)OCO2. The number of carbonyl (C=O) groups excluding carboxylic acids is 1. The van der Waals surface area contributed by atoms with Crippen LogP contribution in [0, 0.1) is 0 Å². The minimum atomic E-state index is -0.101. The summed E-state index contributed by atoms with van der Waals surface area (Å²) in [5.74, 6) is 1.89. The van der Waals surface area contributed by atoms with E-state index in [4.69, 9.17) is 21.1 Å². The van der Waals surface area contributed by atoms with Gasteiger partial charge in [0.1, 0.15) is 0 Å². The van der Waals surface area contributed by atoms with Gasteiger partial charge in [-0.25, -0.2) is 0 Å². The second-order valence-corrected chi connectivity index (χ2v) is 4.21. The number of rotatable bonds is 4. The van der Waals surface area contributed by atoms with Crippen LogP contribution in [0.4, 0.5) is 5.69 Å². The van der Waals surface area contributed by atoms with E-state index in [-0.39, 0.29) is 12.7 Å². The fourth-order valence-corrected chi connectivity index (χ4v) is 1.89. The van der Waals surface area contributed by atoms with Gasteiger partial charge >= 0.3 is 0 Å². The number of anilines is 1. The minimum Gasteiger partial charge on any atom is -0.454 e. The molecule has 0 spiro atoms. The Balaban J connectivity index is 2.29. The Labute approximate surface area is 105 Å². The molecule has 0 bridgehead atoms. The molecule has 1 aromatic rings. The normalized spacial score (nSPS) is 12.6. The molecule has 5 heteroatoms. The van der Waals surface area contributed by atoms with Gasteiger partial charge in [-0.15, -0.1) is 11.6 Å². The summed E-state index contributed by atoms with van der Waals surface area (Å²) in [4.78, 5) is 11.1. The van der Waals surface area contributed by atoms with E-state index in [2.05, 4.69) is 5.32 Å². The number of nitrogens with one attached hydrogen (secondary N) is 1. The Morgan fingerprint density at radius 3 is 2.76 bits per heavy atom. The van der Waals surface area contributed by atoms with Gasteiger partial charge in [-0.1, -0.05) is 0 Å². The summed E-state index contributed by atoms with van der Waals surface area (Å²) in [6.45, 7) is 1.71. The lowest BCUT2D eigenvalue weighted by Crippen LogP contribution is -2.08. The summed E-state index contributed by atoms with van der Waals surface area (Å²) in [7, 11) is 0. The molecule has 1 aliphatic rings.